The minimum Gasteiger partial charge on any atom is -0.497 e. The van der Waals surface area contributed by atoms with E-state index in [-0.39, 0.29) is 5.91 Å². The van der Waals surface area contributed by atoms with Crippen LogP contribution in [0.5, 0.6) is 11.5 Å². The highest BCUT2D eigenvalue weighted by Gasteiger charge is 2.33. The van der Waals surface area contributed by atoms with E-state index in [1.165, 1.54) is 19.2 Å². The molecule has 0 saturated carbocycles. The Kier molecular flexibility index (Phi) is 6.06. The van der Waals surface area contributed by atoms with Crippen LogP contribution in [-0.2, 0) is 4.79 Å². The number of rotatable bonds is 7. The molecule has 1 atom stereocenters. The van der Waals surface area contributed by atoms with Gasteiger partial charge >= 0.3 is 0 Å². The summed E-state index contributed by atoms with van der Waals surface area (Å²) in [6, 6.07) is 9.90. The van der Waals surface area contributed by atoms with Gasteiger partial charge in [0.05, 0.1) is 13.7 Å². The standard InChI is InChI=1S/C22H27FN4O3/c1-3-30-21-11-17(4-5-19(21)14-12-24-25-13-14)27-7-6-20(22(27)28)26-16-8-15(23)9-18(10-16)29-2/h4-5,8-11,14,20,24-26H,3,6-7,12-13H2,1-2H3. The van der Waals surface area contributed by atoms with Gasteiger partial charge < -0.3 is 19.7 Å². The molecule has 0 aliphatic carbocycles. The molecule has 0 aromatic heterocycles. The summed E-state index contributed by atoms with van der Waals surface area (Å²) in [5.41, 5.74) is 8.76. The third-order valence-electron chi connectivity index (χ3n) is 5.52. The number of halogens is 1. The molecule has 2 heterocycles. The zero-order chi connectivity index (χ0) is 21.1. The van der Waals surface area contributed by atoms with Gasteiger partial charge in [0.25, 0.3) is 0 Å². The maximum atomic E-state index is 13.8. The highest BCUT2D eigenvalue weighted by atomic mass is 19.1. The van der Waals surface area contributed by atoms with Gasteiger partial charge in [-0.25, -0.2) is 4.39 Å². The van der Waals surface area contributed by atoms with Crippen molar-refractivity contribution in [1.29, 1.82) is 0 Å². The highest BCUT2D eigenvalue weighted by Crippen LogP contribution is 2.34. The van der Waals surface area contributed by atoms with Crippen LogP contribution < -0.4 is 30.5 Å². The summed E-state index contributed by atoms with van der Waals surface area (Å²) in [6.07, 6.45) is 0.625. The number of methoxy groups -OCH3 is 1. The molecule has 2 fully saturated rings. The van der Waals surface area contributed by atoms with Gasteiger partial charge in [-0.2, -0.15) is 0 Å². The fourth-order valence-corrected chi connectivity index (χ4v) is 4.03. The molecule has 2 saturated heterocycles. The van der Waals surface area contributed by atoms with Crippen molar-refractivity contribution < 1.29 is 18.7 Å². The van der Waals surface area contributed by atoms with E-state index >= 15 is 0 Å². The Hall–Kier alpha value is -2.84. The van der Waals surface area contributed by atoms with Crippen molar-refractivity contribution in [1.82, 2.24) is 10.9 Å². The van der Waals surface area contributed by atoms with Gasteiger partial charge in [0.1, 0.15) is 23.4 Å². The van der Waals surface area contributed by atoms with Crippen molar-refractivity contribution in [3.8, 4) is 11.5 Å². The second kappa shape index (κ2) is 8.89. The first-order valence-corrected chi connectivity index (χ1v) is 10.2. The minimum absolute atomic E-state index is 0.0439. The van der Waals surface area contributed by atoms with E-state index < -0.39 is 11.9 Å². The monoisotopic (exact) mass is 414 g/mol. The fourth-order valence-electron chi connectivity index (χ4n) is 4.03. The number of anilines is 2. The number of hydrogen-bond donors (Lipinski definition) is 3. The molecule has 2 aliphatic rings. The predicted octanol–water partition coefficient (Wildman–Crippen LogP) is 2.64. The first-order chi connectivity index (χ1) is 14.6. The number of amides is 1. The summed E-state index contributed by atoms with van der Waals surface area (Å²) in [7, 11) is 1.48. The second-order valence-corrected chi connectivity index (χ2v) is 7.47. The Balaban J connectivity index is 1.51. The summed E-state index contributed by atoms with van der Waals surface area (Å²) in [5, 5.41) is 3.14. The molecule has 4 rings (SSSR count). The van der Waals surface area contributed by atoms with Crippen LogP contribution in [0.1, 0.15) is 24.8 Å². The number of carbonyl (C=O) groups is 1. The Morgan fingerprint density at radius 3 is 2.73 bits per heavy atom. The third-order valence-corrected chi connectivity index (χ3v) is 5.52. The van der Waals surface area contributed by atoms with Crippen molar-refractivity contribution in [3.63, 3.8) is 0 Å². The third kappa shape index (κ3) is 4.20. The summed E-state index contributed by atoms with van der Waals surface area (Å²) in [5.74, 6) is 1.09. The number of carbonyl (C=O) groups excluding carboxylic acids is 1. The van der Waals surface area contributed by atoms with Crippen LogP contribution in [0.2, 0.25) is 0 Å². The van der Waals surface area contributed by atoms with Crippen LogP contribution in [-0.4, -0.2) is 45.3 Å². The van der Waals surface area contributed by atoms with Crippen LogP contribution in [0.4, 0.5) is 15.8 Å². The van der Waals surface area contributed by atoms with E-state index in [0.29, 0.717) is 36.9 Å². The summed E-state index contributed by atoms with van der Waals surface area (Å²) < 4.78 is 24.8. The molecule has 0 spiro atoms. The molecule has 30 heavy (non-hydrogen) atoms. The number of hydrogen-bond acceptors (Lipinski definition) is 6. The van der Waals surface area contributed by atoms with Gasteiger partial charge in [-0.15, -0.1) is 0 Å². The minimum atomic E-state index is -0.421. The topological polar surface area (TPSA) is 74.9 Å². The molecular formula is C22H27FN4O3. The Labute approximate surface area is 175 Å². The highest BCUT2D eigenvalue weighted by molar-refractivity contribution is 6.01. The lowest BCUT2D eigenvalue weighted by atomic mass is 9.98. The Bertz CT molecular complexity index is 917. The lowest BCUT2D eigenvalue weighted by Crippen LogP contribution is -2.33. The molecule has 8 heteroatoms. The summed E-state index contributed by atoms with van der Waals surface area (Å²) in [4.78, 5) is 14.8. The zero-order valence-corrected chi connectivity index (χ0v) is 17.2. The number of nitrogens with one attached hydrogen (secondary N) is 3. The van der Waals surface area contributed by atoms with E-state index in [1.807, 2.05) is 25.1 Å². The molecule has 1 unspecified atom stereocenters. The maximum Gasteiger partial charge on any atom is 0.249 e. The average Bonchev–Trinajstić information content (AvgIpc) is 3.39. The molecule has 3 N–H and O–H groups in total. The molecule has 1 amide bonds. The predicted molar refractivity (Wildman–Crippen MR) is 114 cm³/mol. The smallest absolute Gasteiger partial charge is 0.249 e. The first-order valence-electron chi connectivity index (χ1n) is 10.2. The van der Waals surface area contributed by atoms with Crippen molar-refractivity contribution in [3.05, 3.63) is 47.8 Å². The van der Waals surface area contributed by atoms with E-state index in [1.54, 1.807) is 11.0 Å². The lowest BCUT2D eigenvalue weighted by Gasteiger charge is -2.21. The lowest BCUT2D eigenvalue weighted by molar-refractivity contribution is -0.117. The molecular weight excluding hydrogens is 387 g/mol. The molecule has 0 bridgehead atoms. The van der Waals surface area contributed by atoms with E-state index in [4.69, 9.17) is 9.47 Å². The summed E-state index contributed by atoms with van der Waals surface area (Å²) in [6.45, 7) is 4.77. The van der Waals surface area contributed by atoms with Crippen LogP contribution in [0.3, 0.4) is 0 Å². The number of hydrazine groups is 1. The van der Waals surface area contributed by atoms with Crippen molar-refractivity contribution in [2.45, 2.75) is 25.3 Å². The van der Waals surface area contributed by atoms with Gasteiger partial charge in [0.15, 0.2) is 0 Å². The van der Waals surface area contributed by atoms with E-state index in [9.17, 15) is 9.18 Å². The molecule has 2 aromatic rings. The van der Waals surface area contributed by atoms with E-state index in [0.717, 1.165) is 30.1 Å². The number of benzene rings is 2. The van der Waals surface area contributed by atoms with Crippen LogP contribution in [0, 0.1) is 5.82 Å². The number of ether oxygens (including phenoxy) is 2. The molecule has 160 valence electrons. The normalized spacial score (nSPS) is 19.4. The molecule has 2 aliphatic heterocycles. The average molecular weight is 414 g/mol. The van der Waals surface area contributed by atoms with Gasteiger partial charge in [0.2, 0.25) is 5.91 Å². The quantitative estimate of drug-likeness (QED) is 0.647. The van der Waals surface area contributed by atoms with Crippen molar-refractivity contribution >= 4 is 17.3 Å². The summed E-state index contributed by atoms with van der Waals surface area (Å²) >= 11 is 0. The van der Waals surface area contributed by atoms with Gasteiger partial charge in [-0.05, 0) is 25.5 Å². The van der Waals surface area contributed by atoms with Crippen LogP contribution >= 0.6 is 0 Å². The first kappa shape index (κ1) is 20.4. The van der Waals surface area contributed by atoms with Crippen molar-refractivity contribution in [2.75, 3.05) is 43.6 Å². The Morgan fingerprint density at radius 2 is 2.00 bits per heavy atom. The largest absolute Gasteiger partial charge is 0.497 e. The van der Waals surface area contributed by atoms with E-state index in [2.05, 4.69) is 16.2 Å². The Morgan fingerprint density at radius 1 is 1.20 bits per heavy atom. The molecule has 0 radical (unpaired) electrons. The SMILES string of the molecule is CCOc1cc(N2CCC(Nc3cc(F)cc(OC)c3)C2=O)ccc1C1CNNC1. The van der Waals surface area contributed by atoms with Crippen LogP contribution in [0.25, 0.3) is 0 Å². The second-order valence-electron chi connectivity index (χ2n) is 7.47. The zero-order valence-electron chi connectivity index (χ0n) is 17.2. The van der Waals surface area contributed by atoms with Gasteiger partial charge in [-0.3, -0.25) is 15.6 Å². The molecule has 7 nitrogen and oxygen atoms in total. The van der Waals surface area contributed by atoms with Gasteiger partial charge in [0, 0.05) is 60.7 Å². The number of nitrogens with zero attached hydrogens (tertiary/aromatic N) is 1. The van der Waals surface area contributed by atoms with Crippen LogP contribution in [0.15, 0.2) is 36.4 Å². The molecule has 2 aromatic carbocycles. The van der Waals surface area contributed by atoms with Gasteiger partial charge in [-0.1, -0.05) is 6.07 Å². The fraction of sp³-hybridized carbons (Fsp3) is 0.409. The maximum absolute atomic E-state index is 13.8. The van der Waals surface area contributed by atoms with Crippen molar-refractivity contribution in [2.24, 2.45) is 0 Å².